The van der Waals surface area contributed by atoms with E-state index in [-0.39, 0.29) is 17.9 Å². The Morgan fingerprint density at radius 3 is 2.33 bits per heavy atom. The largest absolute Gasteiger partial charge is 0.573 e. The molecular formula is C18H16F3N3O6. The number of nitrogens with zero attached hydrogens (tertiary/aromatic N) is 1. The van der Waals surface area contributed by atoms with Crippen molar-refractivity contribution in [3.8, 4) is 11.5 Å². The third-order valence-electron chi connectivity index (χ3n) is 3.69. The Bertz CT molecular complexity index is 932. The molecule has 0 saturated heterocycles. The lowest BCUT2D eigenvalue weighted by atomic mass is 10.1. The highest BCUT2D eigenvalue weighted by Gasteiger charge is 2.30. The smallest absolute Gasteiger partial charge is 0.490 e. The molecule has 0 fully saturated rings. The lowest BCUT2D eigenvalue weighted by Crippen LogP contribution is -2.36. The Labute approximate surface area is 167 Å². The number of benzene rings is 2. The predicted molar refractivity (Wildman–Crippen MR) is 97.0 cm³/mol. The number of rotatable bonds is 8. The van der Waals surface area contributed by atoms with Crippen LogP contribution in [0.1, 0.15) is 15.9 Å². The van der Waals surface area contributed by atoms with Crippen LogP contribution in [0.2, 0.25) is 0 Å². The minimum absolute atomic E-state index is 0.00894. The summed E-state index contributed by atoms with van der Waals surface area (Å²) in [5.41, 5.74) is 0.0816. The van der Waals surface area contributed by atoms with Gasteiger partial charge in [0.2, 0.25) is 5.91 Å². The van der Waals surface area contributed by atoms with Gasteiger partial charge in [0.15, 0.2) is 5.75 Å². The molecule has 2 amide bonds. The molecule has 0 aliphatic carbocycles. The summed E-state index contributed by atoms with van der Waals surface area (Å²) in [5.74, 6) is -1.68. The van der Waals surface area contributed by atoms with E-state index in [0.29, 0.717) is 5.56 Å². The number of ether oxygens (including phenoxy) is 2. The van der Waals surface area contributed by atoms with Crippen molar-refractivity contribution in [1.29, 1.82) is 0 Å². The third-order valence-corrected chi connectivity index (χ3v) is 3.69. The first kappa shape index (κ1) is 22.5. The maximum atomic E-state index is 12.1. The van der Waals surface area contributed by atoms with Crippen molar-refractivity contribution in [2.24, 2.45) is 0 Å². The summed E-state index contributed by atoms with van der Waals surface area (Å²) >= 11 is 0. The van der Waals surface area contributed by atoms with Crippen LogP contribution < -0.4 is 20.1 Å². The normalized spacial score (nSPS) is 10.8. The van der Waals surface area contributed by atoms with E-state index in [0.717, 1.165) is 18.2 Å². The van der Waals surface area contributed by atoms with E-state index < -0.39 is 41.1 Å². The van der Waals surface area contributed by atoms with Crippen LogP contribution in [0.25, 0.3) is 0 Å². The molecule has 0 aliphatic heterocycles. The quantitative estimate of drug-likeness (QED) is 0.494. The van der Waals surface area contributed by atoms with E-state index in [1.165, 1.54) is 31.4 Å². The number of carbonyl (C=O) groups is 2. The van der Waals surface area contributed by atoms with Crippen molar-refractivity contribution in [2.45, 2.75) is 12.9 Å². The summed E-state index contributed by atoms with van der Waals surface area (Å²) in [6.45, 7) is -0.400. The lowest BCUT2D eigenvalue weighted by Gasteiger charge is -2.10. The zero-order valence-electron chi connectivity index (χ0n) is 15.5. The van der Waals surface area contributed by atoms with Crippen LogP contribution in [0.3, 0.4) is 0 Å². The summed E-state index contributed by atoms with van der Waals surface area (Å²) in [6.07, 6.45) is -4.79. The Balaban J connectivity index is 1.85. The van der Waals surface area contributed by atoms with Crippen molar-refractivity contribution in [1.82, 2.24) is 10.6 Å². The van der Waals surface area contributed by atoms with Gasteiger partial charge in [-0.15, -0.1) is 13.2 Å². The molecule has 0 spiro atoms. The molecule has 0 aliphatic rings. The molecule has 2 aromatic rings. The van der Waals surface area contributed by atoms with Crippen molar-refractivity contribution in [3.63, 3.8) is 0 Å². The number of alkyl halides is 3. The summed E-state index contributed by atoms with van der Waals surface area (Å²) in [7, 11) is 1.25. The molecule has 0 saturated carbocycles. The Hall–Kier alpha value is -3.83. The fourth-order valence-corrected chi connectivity index (χ4v) is 2.31. The average molecular weight is 427 g/mol. The van der Waals surface area contributed by atoms with Crippen LogP contribution in [0.5, 0.6) is 11.5 Å². The fraction of sp³-hybridized carbons (Fsp3) is 0.222. The van der Waals surface area contributed by atoms with Gasteiger partial charge in [0.1, 0.15) is 5.75 Å². The number of halogens is 3. The second-order valence-corrected chi connectivity index (χ2v) is 5.79. The van der Waals surface area contributed by atoms with E-state index >= 15 is 0 Å². The van der Waals surface area contributed by atoms with Crippen LogP contribution in [-0.2, 0) is 11.3 Å². The first-order chi connectivity index (χ1) is 14.1. The highest BCUT2D eigenvalue weighted by molar-refractivity contribution is 5.97. The van der Waals surface area contributed by atoms with Crippen LogP contribution in [0.4, 0.5) is 18.9 Å². The van der Waals surface area contributed by atoms with Gasteiger partial charge in [-0.1, -0.05) is 12.1 Å². The van der Waals surface area contributed by atoms with E-state index in [1.54, 1.807) is 0 Å². The van der Waals surface area contributed by atoms with E-state index in [4.69, 9.17) is 4.74 Å². The molecule has 0 radical (unpaired) electrons. The average Bonchev–Trinajstić information content (AvgIpc) is 2.69. The zero-order chi connectivity index (χ0) is 22.3. The highest BCUT2D eigenvalue weighted by atomic mass is 19.4. The standard InChI is InChI=1S/C18H16F3N3O6/c1-29-15-7-4-12(8-14(15)24(27)28)17(26)23-10-16(25)22-9-11-2-5-13(6-3-11)30-18(19,20)21/h2-8H,9-10H2,1H3,(H,22,25)(H,23,26). The predicted octanol–water partition coefficient (Wildman–Crippen LogP) is 2.55. The number of nitrogens with one attached hydrogen (secondary N) is 2. The molecule has 2 N–H and O–H groups in total. The zero-order valence-corrected chi connectivity index (χ0v) is 15.5. The van der Waals surface area contributed by atoms with Crippen LogP contribution in [0.15, 0.2) is 42.5 Å². The van der Waals surface area contributed by atoms with E-state index in [1.807, 2.05) is 0 Å². The molecule has 12 heteroatoms. The van der Waals surface area contributed by atoms with Crippen LogP contribution in [-0.4, -0.2) is 36.8 Å². The lowest BCUT2D eigenvalue weighted by molar-refractivity contribution is -0.385. The molecule has 0 heterocycles. The summed E-state index contributed by atoms with van der Waals surface area (Å²) in [4.78, 5) is 34.2. The Morgan fingerprint density at radius 2 is 1.77 bits per heavy atom. The summed E-state index contributed by atoms with van der Waals surface area (Å²) < 4.78 is 44.9. The second kappa shape index (κ2) is 9.58. The van der Waals surface area contributed by atoms with Gasteiger partial charge in [0, 0.05) is 18.2 Å². The molecule has 30 heavy (non-hydrogen) atoms. The van der Waals surface area contributed by atoms with Gasteiger partial charge in [0.05, 0.1) is 18.6 Å². The molecule has 160 valence electrons. The maximum absolute atomic E-state index is 12.1. The summed E-state index contributed by atoms with van der Waals surface area (Å²) in [5, 5.41) is 15.8. The number of nitro benzene ring substituents is 1. The first-order valence-electron chi connectivity index (χ1n) is 8.31. The maximum Gasteiger partial charge on any atom is 0.573 e. The number of methoxy groups -OCH3 is 1. The molecule has 9 nitrogen and oxygen atoms in total. The minimum atomic E-state index is -4.79. The third kappa shape index (κ3) is 6.65. The second-order valence-electron chi connectivity index (χ2n) is 5.79. The Kier molecular flexibility index (Phi) is 7.17. The van der Waals surface area contributed by atoms with Crippen molar-refractivity contribution in [2.75, 3.05) is 13.7 Å². The number of hydrogen-bond donors (Lipinski definition) is 2. The van der Waals surface area contributed by atoms with Crippen LogP contribution >= 0.6 is 0 Å². The van der Waals surface area contributed by atoms with Gasteiger partial charge in [-0.05, 0) is 29.8 Å². The van der Waals surface area contributed by atoms with E-state index in [2.05, 4.69) is 15.4 Å². The van der Waals surface area contributed by atoms with Crippen molar-refractivity contribution < 1.29 is 37.2 Å². The molecule has 2 rings (SSSR count). The van der Waals surface area contributed by atoms with Gasteiger partial charge >= 0.3 is 12.0 Å². The van der Waals surface area contributed by atoms with Crippen molar-refractivity contribution >= 4 is 17.5 Å². The van der Waals surface area contributed by atoms with Gasteiger partial charge in [-0.2, -0.15) is 0 Å². The van der Waals surface area contributed by atoms with Crippen molar-refractivity contribution in [3.05, 3.63) is 63.7 Å². The number of amides is 2. The topological polar surface area (TPSA) is 120 Å². The first-order valence-corrected chi connectivity index (χ1v) is 8.31. The highest BCUT2D eigenvalue weighted by Crippen LogP contribution is 2.27. The summed E-state index contributed by atoms with van der Waals surface area (Å²) in [6, 6.07) is 8.49. The van der Waals surface area contributed by atoms with E-state index in [9.17, 15) is 32.9 Å². The SMILES string of the molecule is COc1ccc(C(=O)NCC(=O)NCc2ccc(OC(F)(F)F)cc2)cc1[N+](=O)[O-]. The molecule has 0 aromatic heterocycles. The number of carbonyl (C=O) groups excluding carboxylic acids is 2. The number of hydrogen-bond acceptors (Lipinski definition) is 6. The minimum Gasteiger partial charge on any atom is -0.490 e. The molecule has 0 atom stereocenters. The molecule has 2 aromatic carbocycles. The van der Waals surface area contributed by atoms with Gasteiger partial charge in [-0.25, -0.2) is 0 Å². The monoisotopic (exact) mass is 427 g/mol. The Morgan fingerprint density at radius 1 is 1.10 bits per heavy atom. The fourth-order valence-electron chi connectivity index (χ4n) is 2.31. The molecular weight excluding hydrogens is 411 g/mol. The van der Waals surface area contributed by atoms with Gasteiger partial charge in [0.25, 0.3) is 5.91 Å². The molecule has 0 unspecified atom stereocenters. The van der Waals surface area contributed by atoms with Gasteiger partial charge < -0.3 is 20.1 Å². The molecule has 0 bridgehead atoms. The van der Waals surface area contributed by atoms with Crippen LogP contribution in [0, 0.1) is 10.1 Å². The van der Waals surface area contributed by atoms with Gasteiger partial charge in [-0.3, -0.25) is 19.7 Å². The number of nitro groups is 1.